The van der Waals surface area contributed by atoms with Gasteiger partial charge in [0.2, 0.25) is 0 Å². The SMILES string of the molecule is CSc1ccccc1Oc1ccc(CBr)c(Br)c1. The van der Waals surface area contributed by atoms with Crippen LogP contribution in [0.2, 0.25) is 0 Å². The lowest BCUT2D eigenvalue weighted by molar-refractivity contribution is 0.470. The zero-order chi connectivity index (χ0) is 13.0. The number of halogens is 2. The van der Waals surface area contributed by atoms with E-state index in [9.17, 15) is 0 Å². The van der Waals surface area contributed by atoms with Crippen molar-refractivity contribution < 1.29 is 4.74 Å². The number of para-hydroxylation sites is 1. The smallest absolute Gasteiger partial charge is 0.140 e. The van der Waals surface area contributed by atoms with E-state index in [2.05, 4.69) is 44.0 Å². The van der Waals surface area contributed by atoms with E-state index in [1.54, 1.807) is 11.8 Å². The highest BCUT2D eigenvalue weighted by molar-refractivity contribution is 9.10. The Hall–Kier alpha value is -0.450. The van der Waals surface area contributed by atoms with Crippen LogP contribution in [0.15, 0.2) is 51.8 Å². The van der Waals surface area contributed by atoms with Gasteiger partial charge in [-0.15, -0.1) is 11.8 Å². The molecule has 94 valence electrons. The van der Waals surface area contributed by atoms with Gasteiger partial charge in [-0.2, -0.15) is 0 Å². The number of alkyl halides is 1. The van der Waals surface area contributed by atoms with E-state index in [-0.39, 0.29) is 0 Å². The lowest BCUT2D eigenvalue weighted by Crippen LogP contribution is -1.88. The van der Waals surface area contributed by atoms with Crippen LogP contribution in [-0.2, 0) is 5.33 Å². The van der Waals surface area contributed by atoms with Crippen molar-refractivity contribution in [1.29, 1.82) is 0 Å². The van der Waals surface area contributed by atoms with E-state index in [1.165, 1.54) is 5.56 Å². The maximum Gasteiger partial charge on any atom is 0.140 e. The summed E-state index contributed by atoms with van der Waals surface area (Å²) < 4.78 is 6.97. The molecule has 2 rings (SSSR count). The highest BCUT2D eigenvalue weighted by Gasteiger charge is 2.05. The Morgan fingerprint density at radius 2 is 1.94 bits per heavy atom. The molecule has 4 heteroatoms. The highest BCUT2D eigenvalue weighted by Crippen LogP contribution is 2.33. The highest BCUT2D eigenvalue weighted by atomic mass is 79.9. The van der Waals surface area contributed by atoms with Gasteiger partial charge in [0.25, 0.3) is 0 Å². The molecule has 0 amide bonds. The van der Waals surface area contributed by atoms with E-state index in [0.717, 1.165) is 26.2 Å². The summed E-state index contributed by atoms with van der Waals surface area (Å²) in [7, 11) is 0. The van der Waals surface area contributed by atoms with Crippen molar-refractivity contribution in [3.63, 3.8) is 0 Å². The molecule has 0 bridgehead atoms. The average molecular weight is 388 g/mol. The third-order valence-electron chi connectivity index (χ3n) is 2.47. The second kappa shape index (κ2) is 6.64. The van der Waals surface area contributed by atoms with Gasteiger partial charge < -0.3 is 4.74 Å². The van der Waals surface area contributed by atoms with Gasteiger partial charge in [0, 0.05) is 14.7 Å². The molecule has 2 aromatic carbocycles. The van der Waals surface area contributed by atoms with Gasteiger partial charge in [-0.05, 0) is 36.1 Å². The minimum atomic E-state index is 0.829. The first-order valence-electron chi connectivity index (χ1n) is 5.40. The summed E-state index contributed by atoms with van der Waals surface area (Å²) in [5, 5.41) is 0.829. The second-order valence-corrected chi connectivity index (χ2v) is 5.90. The largest absolute Gasteiger partial charge is 0.456 e. The molecular formula is C14H12Br2OS. The zero-order valence-electron chi connectivity index (χ0n) is 9.82. The third kappa shape index (κ3) is 3.31. The summed E-state index contributed by atoms with van der Waals surface area (Å²) in [6, 6.07) is 14.1. The quantitative estimate of drug-likeness (QED) is 0.480. The normalized spacial score (nSPS) is 10.4. The molecule has 0 aliphatic rings. The molecule has 0 aromatic heterocycles. The number of benzene rings is 2. The van der Waals surface area contributed by atoms with Crippen LogP contribution in [0.5, 0.6) is 11.5 Å². The Morgan fingerprint density at radius 3 is 2.61 bits per heavy atom. The van der Waals surface area contributed by atoms with Crippen LogP contribution in [-0.4, -0.2) is 6.26 Å². The predicted molar refractivity (Wildman–Crippen MR) is 85.1 cm³/mol. The first kappa shape index (κ1) is 14.0. The van der Waals surface area contributed by atoms with Crippen molar-refractivity contribution in [1.82, 2.24) is 0 Å². The minimum absolute atomic E-state index is 0.829. The molecular weight excluding hydrogens is 376 g/mol. The van der Waals surface area contributed by atoms with Gasteiger partial charge in [-0.1, -0.05) is 50.1 Å². The van der Waals surface area contributed by atoms with Gasteiger partial charge in [-0.25, -0.2) is 0 Å². The summed E-state index contributed by atoms with van der Waals surface area (Å²) in [6.07, 6.45) is 2.05. The molecule has 1 nitrogen and oxygen atoms in total. The maximum absolute atomic E-state index is 5.91. The van der Waals surface area contributed by atoms with Crippen molar-refractivity contribution in [2.75, 3.05) is 6.26 Å². The van der Waals surface area contributed by atoms with Gasteiger partial charge in [0.15, 0.2) is 0 Å². The van der Waals surface area contributed by atoms with E-state index in [1.807, 2.05) is 36.6 Å². The Labute approximate surface area is 128 Å². The molecule has 0 unspecified atom stereocenters. The number of hydrogen-bond donors (Lipinski definition) is 0. The Balaban J connectivity index is 2.26. The van der Waals surface area contributed by atoms with Gasteiger partial charge in [0.05, 0.1) is 0 Å². The first-order chi connectivity index (χ1) is 8.74. The molecule has 0 saturated carbocycles. The van der Waals surface area contributed by atoms with Crippen LogP contribution in [0.3, 0.4) is 0 Å². The van der Waals surface area contributed by atoms with Crippen LogP contribution in [0.25, 0.3) is 0 Å². The molecule has 18 heavy (non-hydrogen) atoms. The van der Waals surface area contributed by atoms with Crippen LogP contribution in [0.1, 0.15) is 5.56 Å². The van der Waals surface area contributed by atoms with E-state index >= 15 is 0 Å². The monoisotopic (exact) mass is 386 g/mol. The topological polar surface area (TPSA) is 9.23 Å². The van der Waals surface area contributed by atoms with Gasteiger partial charge >= 0.3 is 0 Å². The molecule has 0 radical (unpaired) electrons. The lowest BCUT2D eigenvalue weighted by Gasteiger charge is -2.10. The number of rotatable bonds is 4. The van der Waals surface area contributed by atoms with Gasteiger partial charge in [0.1, 0.15) is 11.5 Å². The van der Waals surface area contributed by atoms with Crippen LogP contribution in [0.4, 0.5) is 0 Å². The van der Waals surface area contributed by atoms with Crippen molar-refractivity contribution in [2.24, 2.45) is 0 Å². The zero-order valence-corrected chi connectivity index (χ0v) is 13.8. The van der Waals surface area contributed by atoms with Crippen LogP contribution in [0, 0.1) is 0 Å². The molecule has 0 atom stereocenters. The van der Waals surface area contributed by atoms with E-state index in [0.29, 0.717) is 0 Å². The Kier molecular flexibility index (Phi) is 5.15. The molecule has 0 spiro atoms. The summed E-state index contributed by atoms with van der Waals surface area (Å²) in [5.74, 6) is 1.73. The number of thioether (sulfide) groups is 1. The maximum atomic E-state index is 5.91. The van der Waals surface area contributed by atoms with Gasteiger partial charge in [-0.3, -0.25) is 0 Å². The van der Waals surface area contributed by atoms with Crippen LogP contribution < -0.4 is 4.74 Å². The fourth-order valence-electron chi connectivity index (χ4n) is 1.53. The van der Waals surface area contributed by atoms with E-state index in [4.69, 9.17) is 4.74 Å². The molecule has 0 fully saturated rings. The summed E-state index contributed by atoms with van der Waals surface area (Å²) in [5.41, 5.74) is 1.21. The Morgan fingerprint density at radius 1 is 1.17 bits per heavy atom. The predicted octanol–water partition coefficient (Wildman–Crippen LogP) is 5.86. The standard InChI is InChI=1S/C14H12Br2OS/c1-18-14-5-3-2-4-13(14)17-11-7-6-10(9-15)12(16)8-11/h2-8H,9H2,1H3. The molecule has 0 heterocycles. The van der Waals surface area contributed by atoms with Crippen LogP contribution >= 0.6 is 43.6 Å². The summed E-state index contributed by atoms with van der Waals surface area (Å²) in [6.45, 7) is 0. The van der Waals surface area contributed by atoms with E-state index < -0.39 is 0 Å². The van der Waals surface area contributed by atoms with Crippen molar-refractivity contribution in [2.45, 2.75) is 10.2 Å². The molecule has 0 saturated heterocycles. The summed E-state index contributed by atoms with van der Waals surface area (Å²) in [4.78, 5) is 1.14. The van der Waals surface area contributed by atoms with Crippen molar-refractivity contribution >= 4 is 43.6 Å². The fraction of sp³-hybridized carbons (Fsp3) is 0.143. The minimum Gasteiger partial charge on any atom is -0.456 e. The molecule has 2 aromatic rings. The lowest BCUT2D eigenvalue weighted by atomic mass is 10.2. The number of hydrogen-bond acceptors (Lipinski definition) is 2. The molecule has 0 N–H and O–H groups in total. The van der Waals surface area contributed by atoms with Crippen molar-refractivity contribution in [3.8, 4) is 11.5 Å². The first-order valence-corrected chi connectivity index (χ1v) is 8.54. The number of ether oxygens (including phenoxy) is 1. The van der Waals surface area contributed by atoms with Crippen molar-refractivity contribution in [3.05, 3.63) is 52.5 Å². The molecule has 0 aliphatic carbocycles. The Bertz CT molecular complexity index is 543. The second-order valence-electron chi connectivity index (χ2n) is 3.64. The molecule has 0 aliphatic heterocycles. The third-order valence-corrected chi connectivity index (χ3v) is 4.58. The fourth-order valence-corrected chi connectivity index (χ4v) is 3.42. The average Bonchev–Trinajstić information content (AvgIpc) is 2.39. The summed E-state index contributed by atoms with van der Waals surface area (Å²) >= 11 is 8.67.